The van der Waals surface area contributed by atoms with Gasteiger partial charge in [-0.15, -0.1) is 0 Å². The first-order chi connectivity index (χ1) is 11.8. The van der Waals surface area contributed by atoms with Gasteiger partial charge in [-0.25, -0.2) is 0 Å². The minimum absolute atomic E-state index is 0.0328. The highest BCUT2D eigenvalue weighted by atomic mass is 16.3. The van der Waals surface area contributed by atoms with Crippen LogP contribution in [0.2, 0.25) is 0 Å². The summed E-state index contributed by atoms with van der Waals surface area (Å²) in [6.07, 6.45) is 5.63. The van der Waals surface area contributed by atoms with Crippen LogP contribution < -0.4 is 10.6 Å². The zero-order valence-electron chi connectivity index (χ0n) is 13.5. The Labute approximate surface area is 140 Å². The zero-order chi connectivity index (χ0) is 16.4. The Balaban J connectivity index is 1.48. The van der Waals surface area contributed by atoms with E-state index in [0.29, 0.717) is 11.6 Å². The van der Waals surface area contributed by atoms with Gasteiger partial charge in [-0.2, -0.15) is 0 Å². The molecule has 5 heteroatoms. The molecule has 0 saturated carbocycles. The number of piperidine rings is 1. The molecule has 5 nitrogen and oxygen atoms in total. The number of amides is 1. The number of nitrogens with one attached hydrogen (secondary N) is 3. The number of benzene rings is 1. The van der Waals surface area contributed by atoms with Crippen LogP contribution in [0.4, 0.5) is 0 Å². The number of carbonyl (C=O) groups is 1. The lowest BCUT2D eigenvalue weighted by Crippen LogP contribution is -2.36. The first-order valence-electron chi connectivity index (χ1n) is 8.44. The number of aromatic nitrogens is 1. The van der Waals surface area contributed by atoms with Gasteiger partial charge in [0.05, 0.1) is 12.5 Å². The summed E-state index contributed by atoms with van der Waals surface area (Å²) >= 11 is 0. The van der Waals surface area contributed by atoms with Gasteiger partial charge in [-0.1, -0.05) is 12.1 Å². The molecular formula is C19H21N3O2. The van der Waals surface area contributed by atoms with Crippen LogP contribution in [0, 0.1) is 5.92 Å². The number of rotatable bonds is 4. The Morgan fingerprint density at radius 3 is 2.83 bits per heavy atom. The van der Waals surface area contributed by atoms with Crippen LogP contribution in [0.1, 0.15) is 23.3 Å². The molecule has 4 rings (SSSR count). The normalized spacial score (nSPS) is 15.7. The van der Waals surface area contributed by atoms with Crippen molar-refractivity contribution in [1.82, 2.24) is 15.6 Å². The van der Waals surface area contributed by atoms with Crippen molar-refractivity contribution in [3.63, 3.8) is 0 Å². The molecule has 0 bridgehead atoms. The third-order valence-corrected chi connectivity index (χ3v) is 4.73. The van der Waals surface area contributed by atoms with E-state index < -0.39 is 0 Å². The number of H-pyrrole nitrogens is 1. The summed E-state index contributed by atoms with van der Waals surface area (Å²) in [7, 11) is 0. The largest absolute Gasteiger partial charge is 0.472 e. The van der Waals surface area contributed by atoms with Crippen molar-refractivity contribution < 1.29 is 9.21 Å². The van der Waals surface area contributed by atoms with Crippen LogP contribution in [0.3, 0.4) is 0 Å². The molecule has 3 aromatic rings. The third-order valence-electron chi connectivity index (χ3n) is 4.73. The fraction of sp³-hybridized carbons (Fsp3) is 0.316. The SMILES string of the molecule is O=C(NCC1CCNCC1)c1cc2ccc(-c3ccoc3)cc2[nH]1. The van der Waals surface area contributed by atoms with Crippen LogP contribution in [0.5, 0.6) is 0 Å². The van der Waals surface area contributed by atoms with Crippen LogP contribution in [-0.4, -0.2) is 30.5 Å². The lowest BCUT2D eigenvalue weighted by molar-refractivity contribution is 0.0940. The van der Waals surface area contributed by atoms with Gasteiger partial charge in [0.2, 0.25) is 0 Å². The second kappa shape index (κ2) is 6.53. The Morgan fingerprint density at radius 2 is 2.04 bits per heavy atom. The molecule has 1 amide bonds. The van der Waals surface area contributed by atoms with Crippen molar-refractivity contribution in [1.29, 1.82) is 0 Å². The Hall–Kier alpha value is -2.53. The van der Waals surface area contributed by atoms with E-state index in [0.717, 1.165) is 54.5 Å². The van der Waals surface area contributed by atoms with E-state index in [-0.39, 0.29) is 5.91 Å². The van der Waals surface area contributed by atoms with E-state index in [1.165, 1.54) is 0 Å². The quantitative estimate of drug-likeness (QED) is 0.691. The minimum atomic E-state index is -0.0328. The second-order valence-electron chi connectivity index (χ2n) is 6.40. The third kappa shape index (κ3) is 3.08. The second-order valence-corrected chi connectivity index (χ2v) is 6.40. The summed E-state index contributed by atoms with van der Waals surface area (Å²) in [5.41, 5.74) is 3.67. The molecule has 0 radical (unpaired) electrons. The maximum absolute atomic E-state index is 12.4. The predicted octanol–water partition coefficient (Wildman–Crippen LogP) is 3.16. The molecule has 124 valence electrons. The lowest BCUT2D eigenvalue weighted by Gasteiger charge is -2.22. The molecule has 3 N–H and O–H groups in total. The van der Waals surface area contributed by atoms with Gasteiger partial charge >= 0.3 is 0 Å². The summed E-state index contributed by atoms with van der Waals surface area (Å²) < 4.78 is 5.14. The van der Waals surface area contributed by atoms with Crippen LogP contribution in [0.25, 0.3) is 22.0 Å². The number of fused-ring (bicyclic) bond motifs is 1. The molecule has 1 saturated heterocycles. The molecule has 1 aromatic carbocycles. The molecule has 24 heavy (non-hydrogen) atoms. The van der Waals surface area contributed by atoms with Crippen molar-refractivity contribution in [3.8, 4) is 11.1 Å². The van der Waals surface area contributed by atoms with Crippen LogP contribution >= 0.6 is 0 Å². The van der Waals surface area contributed by atoms with Gasteiger partial charge in [0.1, 0.15) is 5.69 Å². The van der Waals surface area contributed by atoms with Crippen molar-refractivity contribution in [2.45, 2.75) is 12.8 Å². The Kier molecular flexibility index (Phi) is 4.09. The molecule has 1 aliphatic rings. The summed E-state index contributed by atoms with van der Waals surface area (Å²) in [5.74, 6) is 0.543. The molecule has 0 aliphatic carbocycles. The molecule has 1 aliphatic heterocycles. The molecule has 0 atom stereocenters. The van der Waals surface area contributed by atoms with E-state index in [1.807, 2.05) is 30.3 Å². The monoisotopic (exact) mass is 323 g/mol. The fourth-order valence-corrected chi connectivity index (χ4v) is 3.28. The molecule has 1 fully saturated rings. The van der Waals surface area contributed by atoms with Gasteiger partial charge in [0, 0.05) is 23.0 Å². The Bertz CT molecular complexity index is 830. The predicted molar refractivity (Wildman–Crippen MR) is 93.9 cm³/mol. The molecule has 0 unspecified atom stereocenters. The van der Waals surface area contributed by atoms with Crippen LogP contribution in [-0.2, 0) is 0 Å². The summed E-state index contributed by atoms with van der Waals surface area (Å²) in [4.78, 5) is 15.6. The van der Waals surface area contributed by atoms with E-state index in [1.54, 1.807) is 12.5 Å². The molecule has 2 aromatic heterocycles. The summed E-state index contributed by atoms with van der Waals surface area (Å²) in [6, 6.07) is 9.95. The maximum atomic E-state index is 12.4. The van der Waals surface area contributed by atoms with E-state index in [4.69, 9.17) is 4.42 Å². The maximum Gasteiger partial charge on any atom is 0.267 e. The molecule has 0 spiro atoms. The van der Waals surface area contributed by atoms with Gasteiger partial charge < -0.3 is 20.0 Å². The highest BCUT2D eigenvalue weighted by molar-refractivity contribution is 5.98. The summed E-state index contributed by atoms with van der Waals surface area (Å²) in [5, 5.41) is 7.44. The van der Waals surface area contributed by atoms with E-state index >= 15 is 0 Å². The minimum Gasteiger partial charge on any atom is -0.472 e. The first kappa shape index (κ1) is 15.0. The zero-order valence-corrected chi connectivity index (χ0v) is 13.5. The van der Waals surface area contributed by atoms with Crippen LogP contribution in [0.15, 0.2) is 47.3 Å². The highest BCUT2D eigenvalue weighted by Crippen LogP contribution is 2.25. The topological polar surface area (TPSA) is 70.1 Å². The molecular weight excluding hydrogens is 302 g/mol. The Morgan fingerprint density at radius 1 is 1.17 bits per heavy atom. The van der Waals surface area contributed by atoms with Gasteiger partial charge in [-0.05, 0) is 55.6 Å². The lowest BCUT2D eigenvalue weighted by atomic mass is 9.98. The molecule has 3 heterocycles. The number of aromatic amines is 1. The first-order valence-corrected chi connectivity index (χ1v) is 8.44. The average Bonchev–Trinajstić information content (AvgIpc) is 3.29. The smallest absolute Gasteiger partial charge is 0.267 e. The number of furan rings is 1. The average molecular weight is 323 g/mol. The number of hydrogen-bond acceptors (Lipinski definition) is 3. The highest BCUT2D eigenvalue weighted by Gasteiger charge is 2.15. The van der Waals surface area contributed by atoms with Crippen molar-refractivity contribution in [2.75, 3.05) is 19.6 Å². The van der Waals surface area contributed by atoms with Crippen molar-refractivity contribution in [2.24, 2.45) is 5.92 Å². The van der Waals surface area contributed by atoms with Gasteiger partial charge in [-0.3, -0.25) is 4.79 Å². The number of hydrogen-bond donors (Lipinski definition) is 3. The van der Waals surface area contributed by atoms with Gasteiger partial charge in [0.15, 0.2) is 0 Å². The van der Waals surface area contributed by atoms with E-state index in [2.05, 4.69) is 15.6 Å². The fourth-order valence-electron chi connectivity index (χ4n) is 3.28. The number of carbonyl (C=O) groups excluding carboxylic acids is 1. The van der Waals surface area contributed by atoms with Gasteiger partial charge in [0.25, 0.3) is 5.91 Å². The van der Waals surface area contributed by atoms with E-state index in [9.17, 15) is 4.79 Å². The standard InChI is InChI=1S/C19H21N3O2/c23-19(21-11-13-3-6-20-7-4-13)18-10-15-2-1-14(9-17(15)22-18)16-5-8-24-12-16/h1-2,5,8-10,12-13,20,22H,3-4,6-7,11H2,(H,21,23). The van der Waals surface area contributed by atoms with Crippen molar-refractivity contribution >= 4 is 16.8 Å². The summed E-state index contributed by atoms with van der Waals surface area (Å²) in [6.45, 7) is 2.84. The van der Waals surface area contributed by atoms with Crippen molar-refractivity contribution in [3.05, 3.63) is 48.6 Å².